The number of nitrogens with two attached hydrogens (primary N) is 1. The summed E-state index contributed by atoms with van der Waals surface area (Å²) < 4.78 is 11.5. The first-order chi connectivity index (χ1) is 12.8. The molecule has 8 nitrogen and oxygen atoms in total. The van der Waals surface area contributed by atoms with Gasteiger partial charge in [0, 0.05) is 12.5 Å². The highest BCUT2D eigenvalue weighted by Gasteiger charge is 2.32. The van der Waals surface area contributed by atoms with Gasteiger partial charge in [0.25, 0.3) is 5.69 Å². The zero-order valence-electron chi connectivity index (χ0n) is 16.6. The summed E-state index contributed by atoms with van der Waals surface area (Å²) in [6.45, 7) is 10.7. The predicted octanol–water partition coefficient (Wildman–Crippen LogP) is 3.30. The van der Waals surface area contributed by atoms with Gasteiger partial charge in [-0.1, -0.05) is 19.9 Å². The molecule has 1 aliphatic rings. The van der Waals surface area contributed by atoms with Crippen LogP contribution >= 0.6 is 0 Å². The normalized spacial score (nSPS) is 19.5. The summed E-state index contributed by atoms with van der Waals surface area (Å²) >= 11 is 0. The summed E-state index contributed by atoms with van der Waals surface area (Å²) in [6, 6.07) is 2.50. The topological polar surface area (TPSA) is 112 Å². The summed E-state index contributed by atoms with van der Waals surface area (Å²) in [4.78, 5) is 20.2. The fourth-order valence-electron chi connectivity index (χ4n) is 3.07. The Bertz CT molecular complexity index is 758. The molecule has 1 heterocycles. The lowest BCUT2D eigenvalue weighted by atomic mass is 9.96. The SMILES string of the molecule is CCOC1=NC(C(C)C)C(OCC)=NC1Cc1c(C)ccc([N+](=O)[O-])c1N. The van der Waals surface area contributed by atoms with Crippen LogP contribution in [0.5, 0.6) is 0 Å². The van der Waals surface area contributed by atoms with E-state index in [0.717, 1.165) is 5.56 Å². The van der Waals surface area contributed by atoms with Gasteiger partial charge in [0.15, 0.2) is 0 Å². The van der Waals surface area contributed by atoms with Crippen LogP contribution in [0.1, 0.15) is 38.8 Å². The van der Waals surface area contributed by atoms with Crippen LogP contribution in [0.4, 0.5) is 11.4 Å². The number of anilines is 1. The van der Waals surface area contributed by atoms with Crippen LogP contribution in [-0.2, 0) is 15.9 Å². The fourth-order valence-corrected chi connectivity index (χ4v) is 3.07. The molecule has 8 heteroatoms. The van der Waals surface area contributed by atoms with Gasteiger partial charge >= 0.3 is 0 Å². The number of rotatable bonds is 6. The number of ether oxygens (including phenoxy) is 2. The van der Waals surface area contributed by atoms with Crippen molar-refractivity contribution in [2.75, 3.05) is 18.9 Å². The summed E-state index contributed by atoms with van der Waals surface area (Å²) in [7, 11) is 0. The zero-order chi connectivity index (χ0) is 20.1. The van der Waals surface area contributed by atoms with E-state index >= 15 is 0 Å². The molecule has 2 rings (SSSR count). The van der Waals surface area contributed by atoms with Gasteiger partial charge in [-0.25, -0.2) is 9.98 Å². The van der Waals surface area contributed by atoms with Crippen molar-refractivity contribution in [3.05, 3.63) is 33.4 Å². The molecule has 1 aromatic carbocycles. The first-order valence-electron chi connectivity index (χ1n) is 9.23. The minimum Gasteiger partial charge on any atom is -0.480 e. The van der Waals surface area contributed by atoms with Crippen LogP contribution in [0.3, 0.4) is 0 Å². The van der Waals surface area contributed by atoms with Gasteiger partial charge in [-0.15, -0.1) is 0 Å². The number of hydrogen-bond acceptors (Lipinski definition) is 7. The minimum atomic E-state index is -0.472. The number of benzene rings is 1. The number of nitrogens with zero attached hydrogens (tertiary/aromatic N) is 3. The van der Waals surface area contributed by atoms with Gasteiger partial charge in [-0.3, -0.25) is 10.1 Å². The van der Waals surface area contributed by atoms with E-state index < -0.39 is 11.0 Å². The molecule has 0 radical (unpaired) electrons. The van der Waals surface area contributed by atoms with E-state index in [1.807, 2.05) is 20.8 Å². The molecule has 27 heavy (non-hydrogen) atoms. The second kappa shape index (κ2) is 8.83. The average molecular weight is 376 g/mol. The van der Waals surface area contributed by atoms with Crippen molar-refractivity contribution >= 4 is 23.2 Å². The van der Waals surface area contributed by atoms with E-state index in [1.165, 1.54) is 6.07 Å². The molecule has 0 amide bonds. The van der Waals surface area contributed by atoms with Crippen molar-refractivity contribution in [3.8, 4) is 0 Å². The molecule has 148 valence electrons. The number of hydrogen-bond donors (Lipinski definition) is 1. The molecule has 0 spiro atoms. The Morgan fingerprint density at radius 2 is 1.81 bits per heavy atom. The van der Waals surface area contributed by atoms with Crippen LogP contribution in [0, 0.1) is 23.0 Å². The molecule has 0 saturated heterocycles. The molecule has 1 aromatic rings. The Balaban J connectivity index is 2.45. The van der Waals surface area contributed by atoms with Crippen LogP contribution in [0.15, 0.2) is 22.1 Å². The van der Waals surface area contributed by atoms with E-state index in [1.54, 1.807) is 6.07 Å². The number of nitrogen functional groups attached to an aromatic ring is 1. The second-order valence-electron chi connectivity index (χ2n) is 6.76. The summed E-state index contributed by atoms with van der Waals surface area (Å²) in [5, 5.41) is 11.2. The Hall–Kier alpha value is -2.64. The summed E-state index contributed by atoms with van der Waals surface area (Å²) in [5.74, 6) is 1.30. The highest BCUT2D eigenvalue weighted by atomic mass is 16.6. The summed E-state index contributed by atoms with van der Waals surface area (Å²) in [5.41, 5.74) is 7.70. The van der Waals surface area contributed by atoms with Gasteiger partial charge < -0.3 is 15.2 Å². The Morgan fingerprint density at radius 3 is 2.37 bits per heavy atom. The van der Waals surface area contributed by atoms with Crippen molar-refractivity contribution in [3.63, 3.8) is 0 Å². The highest BCUT2D eigenvalue weighted by molar-refractivity contribution is 5.94. The van der Waals surface area contributed by atoms with Crippen molar-refractivity contribution < 1.29 is 14.4 Å². The van der Waals surface area contributed by atoms with E-state index in [2.05, 4.69) is 13.8 Å². The number of nitro benzene ring substituents is 1. The maximum Gasteiger partial charge on any atom is 0.292 e. The molecular weight excluding hydrogens is 348 g/mol. The Morgan fingerprint density at radius 1 is 1.19 bits per heavy atom. The largest absolute Gasteiger partial charge is 0.480 e. The van der Waals surface area contributed by atoms with E-state index in [4.69, 9.17) is 25.2 Å². The minimum absolute atomic E-state index is 0.102. The maximum absolute atomic E-state index is 11.2. The molecule has 1 aliphatic heterocycles. The molecule has 0 aliphatic carbocycles. The second-order valence-corrected chi connectivity index (χ2v) is 6.76. The first kappa shape index (κ1) is 20.7. The molecule has 0 fully saturated rings. The molecule has 2 N–H and O–H groups in total. The zero-order valence-corrected chi connectivity index (χ0v) is 16.6. The first-order valence-corrected chi connectivity index (χ1v) is 9.23. The third-order valence-corrected chi connectivity index (χ3v) is 4.47. The van der Waals surface area contributed by atoms with Crippen LogP contribution in [0.2, 0.25) is 0 Å². The van der Waals surface area contributed by atoms with Crippen LogP contribution in [-0.4, -0.2) is 42.0 Å². The molecule has 2 atom stereocenters. The molecule has 2 unspecified atom stereocenters. The van der Waals surface area contributed by atoms with Gasteiger partial charge in [0.1, 0.15) is 17.8 Å². The quantitative estimate of drug-likeness (QED) is 0.465. The summed E-state index contributed by atoms with van der Waals surface area (Å²) in [6.07, 6.45) is 0.361. The van der Waals surface area contributed by atoms with Crippen molar-refractivity contribution in [1.82, 2.24) is 0 Å². The maximum atomic E-state index is 11.2. The van der Waals surface area contributed by atoms with Gasteiger partial charge in [0.2, 0.25) is 11.8 Å². The molecule has 0 aromatic heterocycles. The molecule has 0 saturated carbocycles. The van der Waals surface area contributed by atoms with E-state index in [-0.39, 0.29) is 23.3 Å². The smallest absolute Gasteiger partial charge is 0.292 e. The number of aryl methyl sites for hydroxylation is 1. The average Bonchev–Trinajstić information content (AvgIpc) is 2.60. The highest BCUT2D eigenvalue weighted by Crippen LogP contribution is 2.30. The van der Waals surface area contributed by atoms with Crippen molar-refractivity contribution in [2.45, 2.75) is 53.1 Å². The van der Waals surface area contributed by atoms with Gasteiger partial charge in [0.05, 0.1) is 18.1 Å². The lowest BCUT2D eigenvalue weighted by molar-refractivity contribution is -0.384. The monoisotopic (exact) mass is 376 g/mol. The standard InChI is InChI=1S/C19H28N4O4/c1-6-26-18-14(21-19(27-7-2)17(22-18)11(3)4)10-13-12(5)8-9-15(16(13)20)23(24)25/h8-9,11,14,17H,6-7,10,20H2,1-5H3. The lowest BCUT2D eigenvalue weighted by Crippen LogP contribution is -2.39. The van der Waals surface area contributed by atoms with Crippen LogP contribution in [0.25, 0.3) is 0 Å². The van der Waals surface area contributed by atoms with Crippen LogP contribution < -0.4 is 5.73 Å². The molecule has 0 bridgehead atoms. The Kier molecular flexibility index (Phi) is 6.76. The third kappa shape index (κ3) is 4.56. The van der Waals surface area contributed by atoms with Gasteiger partial charge in [-0.05, 0) is 37.8 Å². The molecular formula is C19H28N4O4. The van der Waals surface area contributed by atoms with Gasteiger partial charge in [-0.2, -0.15) is 0 Å². The fraction of sp³-hybridized carbons (Fsp3) is 0.579. The van der Waals surface area contributed by atoms with Crippen molar-refractivity contribution in [1.29, 1.82) is 0 Å². The third-order valence-electron chi connectivity index (χ3n) is 4.47. The van der Waals surface area contributed by atoms with Crippen molar-refractivity contribution in [2.24, 2.45) is 15.9 Å². The predicted molar refractivity (Wildman–Crippen MR) is 106 cm³/mol. The Labute approximate surface area is 159 Å². The van der Waals surface area contributed by atoms with E-state index in [0.29, 0.717) is 37.0 Å². The van der Waals surface area contributed by atoms with E-state index in [9.17, 15) is 10.1 Å². The lowest BCUT2D eigenvalue weighted by Gasteiger charge is -2.28. The number of aliphatic imine (C=N–C) groups is 2. The number of nitro groups is 1.